The molecule has 1 saturated heterocycles. The molecule has 106 valence electrons. The van der Waals surface area contributed by atoms with Crippen LogP contribution < -0.4 is 10.6 Å². The lowest BCUT2D eigenvalue weighted by atomic mass is 10.0. The number of hydrogen-bond acceptors (Lipinski definition) is 3. The zero-order chi connectivity index (χ0) is 13.7. The summed E-state index contributed by atoms with van der Waals surface area (Å²) in [6.07, 6.45) is 5.05. The number of aryl methyl sites for hydroxylation is 1. The Morgan fingerprint density at radius 2 is 2.21 bits per heavy atom. The molecule has 1 fully saturated rings. The van der Waals surface area contributed by atoms with E-state index < -0.39 is 0 Å². The fourth-order valence-electron chi connectivity index (χ4n) is 2.72. The van der Waals surface area contributed by atoms with E-state index in [1.807, 2.05) is 0 Å². The molecule has 19 heavy (non-hydrogen) atoms. The van der Waals surface area contributed by atoms with Gasteiger partial charge in [-0.1, -0.05) is 6.07 Å². The number of nitrogens with zero attached hydrogens (tertiary/aromatic N) is 1. The van der Waals surface area contributed by atoms with Gasteiger partial charge >= 0.3 is 0 Å². The van der Waals surface area contributed by atoms with Crippen LogP contribution in [0.2, 0.25) is 0 Å². The van der Waals surface area contributed by atoms with Crippen molar-refractivity contribution in [2.24, 2.45) is 5.73 Å². The van der Waals surface area contributed by atoms with Crippen molar-refractivity contribution in [3.63, 3.8) is 0 Å². The Bertz CT molecular complexity index is 400. The average molecular weight is 262 g/mol. The average Bonchev–Trinajstić information content (AvgIpc) is 2.42. The van der Waals surface area contributed by atoms with Gasteiger partial charge in [-0.15, -0.1) is 0 Å². The number of likely N-dealkylation sites (N-methyl/N-ethyl adjacent to an activating group) is 1. The second-order valence-electron chi connectivity index (χ2n) is 5.52. The maximum Gasteiger partial charge on any atom is 0.0749 e. The molecule has 1 atom stereocenters. The SMILES string of the molecule is Cc1cc(N(C)CC2CCCCO2)ccc1CCN. The Morgan fingerprint density at radius 3 is 2.84 bits per heavy atom. The topological polar surface area (TPSA) is 38.5 Å². The Labute approximate surface area is 116 Å². The summed E-state index contributed by atoms with van der Waals surface area (Å²) in [5.41, 5.74) is 9.58. The van der Waals surface area contributed by atoms with Crippen molar-refractivity contribution >= 4 is 5.69 Å². The molecule has 0 radical (unpaired) electrons. The van der Waals surface area contributed by atoms with Gasteiger partial charge in [-0.25, -0.2) is 0 Å². The summed E-state index contributed by atoms with van der Waals surface area (Å²) in [6.45, 7) is 4.79. The van der Waals surface area contributed by atoms with Crippen molar-refractivity contribution in [3.8, 4) is 0 Å². The van der Waals surface area contributed by atoms with E-state index in [2.05, 4.69) is 37.1 Å². The van der Waals surface area contributed by atoms with Gasteiger partial charge in [-0.05, 0) is 62.4 Å². The van der Waals surface area contributed by atoms with Crippen LogP contribution in [0.4, 0.5) is 5.69 Å². The van der Waals surface area contributed by atoms with E-state index in [4.69, 9.17) is 10.5 Å². The molecule has 3 heteroatoms. The zero-order valence-electron chi connectivity index (χ0n) is 12.2. The molecule has 0 bridgehead atoms. The van der Waals surface area contributed by atoms with Crippen molar-refractivity contribution in [1.82, 2.24) is 0 Å². The Morgan fingerprint density at radius 1 is 1.37 bits per heavy atom. The van der Waals surface area contributed by atoms with Crippen LogP contribution in [0.15, 0.2) is 18.2 Å². The fraction of sp³-hybridized carbons (Fsp3) is 0.625. The molecule has 0 amide bonds. The molecule has 1 aliphatic heterocycles. The highest BCUT2D eigenvalue weighted by atomic mass is 16.5. The monoisotopic (exact) mass is 262 g/mol. The highest BCUT2D eigenvalue weighted by molar-refractivity contribution is 5.50. The summed E-state index contributed by atoms with van der Waals surface area (Å²) >= 11 is 0. The first kappa shape index (κ1) is 14.4. The molecular formula is C16H26N2O. The van der Waals surface area contributed by atoms with Crippen LogP contribution >= 0.6 is 0 Å². The van der Waals surface area contributed by atoms with Crippen molar-refractivity contribution in [1.29, 1.82) is 0 Å². The van der Waals surface area contributed by atoms with Crippen LogP contribution in [-0.2, 0) is 11.2 Å². The third kappa shape index (κ3) is 3.95. The van der Waals surface area contributed by atoms with Crippen LogP contribution in [-0.4, -0.2) is 32.8 Å². The van der Waals surface area contributed by atoms with Crippen molar-refractivity contribution in [3.05, 3.63) is 29.3 Å². The van der Waals surface area contributed by atoms with E-state index in [1.54, 1.807) is 0 Å². The van der Waals surface area contributed by atoms with Crippen molar-refractivity contribution in [2.75, 3.05) is 31.6 Å². The number of anilines is 1. The van der Waals surface area contributed by atoms with Crippen LogP contribution in [0.3, 0.4) is 0 Å². The second-order valence-corrected chi connectivity index (χ2v) is 5.52. The summed E-state index contributed by atoms with van der Waals surface area (Å²) in [6, 6.07) is 6.66. The Hall–Kier alpha value is -1.06. The lowest BCUT2D eigenvalue weighted by Crippen LogP contribution is -2.33. The molecule has 2 N–H and O–H groups in total. The first-order chi connectivity index (χ1) is 9.20. The quantitative estimate of drug-likeness (QED) is 0.886. The summed E-state index contributed by atoms with van der Waals surface area (Å²) in [5, 5.41) is 0. The van der Waals surface area contributed by atoms with Crippen LogP contribution in [0.25, 0.3) is 0 Å². The Balaban J connectivity index is 1.98. The minimum atomic E-state index is 0.391. The van der Waals surface area contributed by atoms with Gasteiger partial charge in [-0.3, -0.25) is 0 Å². The van der Waals surface area contributed by atoms with E-state index in [0.717, 1.165) is 19.6 Å². The first-order valence-corrected chi connectivity index (χ1v) is 7.33. The molecule has 0 aliphatic carbocycles. The summed E-state index contributed by atoms with van der Waals surface area (Å²) in [7, 11) is 2.15. The van der Waals surface area contributed by atoms with E-state index in [0.29, 0.717) is 12.6 Å². The molecular weight excluding hydrogens is 236 g/mol. The van der Waals surface area contributed by atoms with E-state index in [1.165, 1.54) is 36.1 Å². The third-order valence-electron chi connectivity index (χ3n) is 3.93. The maximum absolute atomic E-state index is 5.80. The maximum atomic E-state index is 5.80. The number of rotatable bonds is 5. The molecule has 1 heterocycles. The number of hydrogen-bond donors (Lipinski definition) is 1. The molecule has 1 aliphatic rings. The normalized spacial score (nSPS) is 19.4. The smallest absolute Gasteiger partial charge is 0.0749 e. The highest BCUT2D eigenvalue weighted by Gasteiger charge is 2.16. The largest absolute Gasteiger partial charge is 0.376 e. The van der Waals surface area contributed by atoms with Crippen molar-refractivity contribution in [2.45, 2.75) is 38.7 Å². The first-order valence-electron chi connectivity index (χ1n) is 7.33. The molecule has 0 saturated carbocycles. The summed E-state index contributed by atoms with van der Waals surface area (Å²) in [4.78, 5) is 2.30. The van der Waals surface area contributed by atoms with Gasteiger partial charge < -0.3 is 15.4 Å². The van der Waals surface area contributed by atoms with E-state index in [9.17, 15) is 0 Å². The van der Waals surface area contributed by atoms with Gasteiger partial charge in [0, 0.05) is 25.9 Å². The van der Waals surface area contributed by atoms with Gasteiger partial charge in [0.05, 0.1) is 6.10 Å². The standard InChI is InChI=1S/C16H26N2O/c1-13-11-15(7-6-14(13)8-9-17)18(2)12-16-5-3-4-10-19-16/h6-7,11,16H,3-5,8-10,12,17H2,1-2H3. The van der Waals surface area contributed by atoms with E-state index >= 15 is 0 Å². The van der Waals surface area contributed by atoms with Gasteiger partial charge in [-0.2, -0.15) is 0 Å². The highest BCUT2D eigenvalue weighted by Crippen LogP contribution is 2.21. The van der Waals surface area contributed by atoms with Crippen molar-refractivity contribution < 1.29 is 4.74 Å². The summed E-state index contributed by atoms with van der Waals surface area (Å²) in [5.74, 6) is 0. The fourth-order valence-corrected chi connectivity index (χ4v) is 2.72. The van der Waals surface area contributed by atoms with Gasteiger partial charge in [0.15, 0.2) is 0 Å². The minimum absolute atomic E-state index is 0.391. The minimum Gasteiger partial charge on any atom is -0.376 e. The molecule has 2 rings (SSSR count). The van der Waals surface area contributed by atoms with Crippen LogP contribution in [0.1, 0.15) is 30.4 Å². The predicted molar refractivity (Wildman–Crippen MR) is 80.8 cm³/mol. The van der Waals surface area contributed by atoms with E-state index in [-0.39, 0.29) is 0 Å². The molecule has 1 unspecified atom stereocenters. The number of nitrogens with two attached hydrogens (primary N) is 1. The molecule has 3 nitrogen and oxygen atoms in total. The van der Waals surface area contributed by atoms with Gasteiger partial charge in [0.2, 0.25) is 0 Å². The predicted octanol–water partition coefficient (Wildman–Crippen LogP) is 2.50. The third-order valence-corrected chi connectivity index (χ3v) is 3.93. The molecule has 0 spiro atoms. The lowest BCUT2D eigenvalue weighted by Gasteiger charge is -2.29. The molecule has 0 aromatic heterocycles. The molecule has 1 aromatic carbocycles. The molecule has 1 aromatic rings. The Kier molecular flexibility index (Phi) is 5.23. The number of benzene rings is 1. The van der Waals surface area contributed by atoms with Crippen LogP contribution in [0, 0.1) is 6.92 Å². The van der Waals surface area contributed by atoms with Gasteiger partial charge in [0.25, 0.3) is 0 Å². The number of ether oxygens (including phenoxy) is 1. The lowest BCUT2D eigenvalue weighted by molar-refractivity contribution is 0.0216. The van der Waals surface area contributed by atoms with Gasteiger partial charge in [0.1, 0.15) is 0 Å². The van der Waals surface area contributed by atoms with Crippen LogP contribution in [0.5, 0.6) is 0 Å². The summed E-state index contributed by atoms with van der Waals surface area (Å²) < 4.78 is 5.80. The zero-order valence-corrected chi connectivity index (χ0v) is 12.2. The second kappa shape index (κ2) is 6.92.